The number of nitrogens with one attached hydrogen (secondary N) is 1. The van der Waals surface area contributed by atoms with Gasteiger partial charge < -0.3 is 24.5 Å². The minimum atomic E-state index is -0.348. The number of hydrogen-bond acceptors (Lipinski definition) is 6. The molecular weight excluding hydrogens is 576 g/mol. The number of ether oxygens (including phenoxy) is 2. The molecule has 6 rings (SSSR count). The van der Waals surface area contributed by atoms with Crippen molar-refractivity contribution in [3.8, 4) is 16.9 Å². The highest BCUT2D eigenvalue weighted by Crippen LogP contribution is 2.38. The zero-order chi connectivity index (χ0) is 32.0. The average molecular weight is 617 g/mol. The minimum absolute atomic E-state index is 0.150. The Morgan fingerprint density at radius 3 is 2.48 bits per heavy atom. The molecule has 0 saturated carbocycles. The number of aliphatic hydroxyl groups excluding tert-OH is 1. The third-order valence-electron chi connectivity index (χ3n) is 8.43. The summed E-state index contributed by atoms with van der Waals surface area (Å²) in [4.78, 5) is 13.8. The van der Waals surface area contributed by atoms with Crippen LogP contribution in [0.5, 0.6) is 5.75 Å². The molecule has 4 aromatic carbocycles. The number of rotatable bonds is 13. The van der Waals surface area contributed by atoms with Gasteiger partial charge in [0.15, 0.2) is 0 Å². The van der Waals surface area contributed by atoms with Crippen molar-refractivity contribution in [3.63, 3.8) is 0 Å². The molecule has 2 N–H and O–H groups in total. The zero-order valence-electron chi connectivity index (χ0n) is 26.6. The first-order valence-corrected chi connectivity index (χ1v) is 15.9. The van der Waals surface area contributed by atoms with E-state index < -0.39 is 0 Å². The number of hydrogen-bond donors (Lipinski definition) is 2. The highest BCUT2D eigenvalue weighted by atomic mass is 16.5. The monoisotopic (exact) mass is 616 g/mol. The lowest BCUT2D eigenvalue weighted by molar-refractivity contribution is 0.0513. The quantitative estimate of drug-likeness (QED) is 0.105. The van der Waals surface area contributed by atoms with E-state index in [9.17, 15) is 9.90 Å². The molecule has 46 heavy (non-hydrogen) atoms. The maximum Gasteiger partial charge on any atom is 0.355 e. The third kappa shape index (κ3) is 6.08. The van der Waals surface area contributed by atoms with Gasteiger partial charge >= 0.3 is 5.97 Å². The second kappa shape index (κ2) is 13.9. The Morgan fingerprint density at radius 1 is 0.935 bits per heavy atom. The van der Waals surface area contributed by atoms with E-state index in [0.717, 1.165) is 61.2 Å². The number of nitrogens with zero attached hydrogens (tertiary/aromatic N) is 3. The van der Waals surface area contributed by atoms with Gasteiger partial charge in [-0.05, 0) is 55.8 Å². The van der Waals surface area contributed by atoms with Gasteiger partial charge in [-0.2, -0.15) is 5.10 Å². The topological polar surface area (TPSA) is 90.5 Å². The van der Waals surface area contributed by atoms with Crippen LogP contribution in [0.2, 0.25) is 0 Å². The Morgan fingerprint density at radius 2 is 1.67 bits per heavy atom. The van der Waals surface area contributed by atoms with Crippen LogP contribution >= 0.6 is 0 Å². The second-order valence-electron chi connectivity index (χ2n) is 11.3. The van der Waals surface area contributed by atoms with Crippen molar-refractivity contribution in [1.29, 1.82) is 0 Å². The summed E-state index contributed by atoms with van der Waals surface area (Å²) >= 11 is 0. The van der Waals surface area contributed by atoms with Crippen molar-refractivity contribution in [2.45, 2.75) is 39.8 Å². The first-order chi connectivity index (χ1) is 22.5. The summed E-state index contributed by atoms with van der Waals surface area (Å²) in [7, 11) is 1.84. The maximum absolute atomic E-state index is 13.8. The predicted octanol–water partition coefficient (Wildman–Crippen LogP) is 7.30. The molecule has 8 heteroatoms. The number of carbonyl (C=O) groups is 1. The van der Waals surface area contributed by atoms with E-state index in [2.05, 4.69) is 45.3 Å². The maximum atomic E-state index is 13.8. The number of anilines is 1. The average Bonchev–Trinajstić information content (AvgIpc) is 3.55. The molecular formula is C38H40N4O4. The molecule has 0 atom stereocenters. The Labute approximate surface area is 269 Å². The van der Waals surface area contributed by atoms with Crippen LogP contribution in [0.3, 0.4) is 0 Å². The van der Waals surface area contributed by atoms with Crippen molar-refractivity contribution < 1.29 is 19.4 Å². The molecule has 0 spiro atoms. The highest BCUT2D eigenvalue weighted by molar-refractivity contribution is 6.05. The molecule has 0 unspecified atom stereocenters. The van der Waals surface area contributed by atoms with Crippen molar-refractivity contribution in [1.82, 2.24) is 14.3 Å². The normalized spacial score (nSPS) is 11.3. The molecule has 8 nitrogen and oxygen atoms in total. The van der Waals surface area contributed by atoms with E-state index in [1.54, 1.807) is 4.68 Å². The van der Waals surface area contributed by atoms with Crippen molar-refractivity contribution >= 4 is 33.3 Å². The number of aliphatic hydroxyl groups is 1. The van der Waals surface area contributed by atoms with E-state index in [1.165, 1.54) is 0 Å². The van der Waals surface area contributed by atoms with Gasteiger partial charge in [-0.3, -0.25) is 4.68 Å². The van der Waals surface area contributed by atoms with Gasteiger partial charge in [-0.15, -0.1) is 0 Å². The molecule has 0 radical (unpaired) electrons. The van der Waals surface area contributed by atoms with Crippen molar-refractivity contribution in [2.24, 2.45) is 7.05 Å². The van der Waals surface area contributed by atoms with Crippen LogP contribution in [-0.2, 0) is 31.4 Å². The second-order valence-corrected chi connectivity index (χ2v) is 11.3. The predicted molar refractivity (Wildman–Crippen MR) is 183 cm³/mol. The van der Waals surface area contributed by atoms with E-state index in [4.69, 9.17) is 9.47 Å². The molecule has 0 saturated heterocycles. The van der Waals surface area contributed by atoms with E-state index >= 15 is 0 Å². The number of carbonyl (C=O) groups excluding carboxylic acids is 1. The van der Waals surface area contributed by atoms with Crippen LogP contribution in [-0.4, -0.2) is 45.2 Å². The lowest BCUT2D eigenvalue weighted by Gasteiger charge is -2.15. The first-order valence-electron chi connectivity index (χ1n) is 15.9. The number of benzene rings is 4. The Bertz CT molecular complexity index is 1970. The molecule has 2 heterocycles. The molecule has 0 aliphatic carbocycles. The summed E-state index contributed by atoms with van der Waals surface area (Å²) in [5.74, 6) is 0.503. The van der Waals surface area contributed by atoms with Gasteiger partial charge in [0.2, 0.25) is 0 Å². The van der Waals surface area contributed by atoms with Gasteiger partial charge in [-0.25, -0.2) is 4.79 Å². The van der Waals surface area contributed by atoms with Crippen LogP contribution in [0.4, 0.5) is 5.69 Å². The lowest BCUT2D eigenvalue weighted by Crippen LogP contribution is -2.18. The minimum Gasteiger partial charge on any atom is -0.493 e. The summed E-state index contributed by atoms with van der Waals surface area (Å²) in [6.07, 6.45) is 1.33. The Balaban J connectivity index is 1.41. The zero-order valence-corrected chi connectivity index (χ0v) is 26.6. The van der Waals surface area contributed by atoms with Crippen LogP contribution in [0, 0.1) is 6.92 Å². The molecule has 2 aromatic heterocycles. The van der Waals surface area contributed by atoms with E-state index in [-0.39, 0.29) is 19.2 Å². The van der Waals surface area contributed by atoms with Crippen LogP contribution in [0.25, 0.3) is 32.8 Å². The Hall–Kier alpha value is -5.08. The number of aromatic nitrogens is 3. The largest absolute Gasteiger partial charge is 0.493 e. The van der Waals surface area contributed by atoms with Gasteiger partial charge in [0.1, 0.15) is 11.4 Å². The number of esters is 1. The SMILES string of the molecule is CCOC(=O)c1c(CCCOc2cccc3ccccc23)c2cccc(-c3c(C)nn(C)c3CO)c2n1CCNc1ccccc1. The number of para-hydroxylation sites is 2. The molecule has 236 valence electrons. The number of aryl methyl sites for hydroxylation is 3. The van der Waals surface area contributed by atoms with Gasteiger partial charge in [0.05, 0.1) is 36.7 Å². The number of fused-ring (bicyclic) bond motifs is 2. The van der Waals surface area contributed by atoms with Gasteiger partial charge in [0, 0.05) is 47.7 Å². The summed E-state index contributed by atoms with van der Waals surface area (Å²) in [6, 6.07) is 30.5. The fourth-order valence-corrected chi connectivity index (χ4v) is 6.45. The summed E-state index contributed by atoms with van der Waals surface area (Å²) in [6.45, 7) is 5.52. The Kier molecular flexibility index (Phi) is 9.36. The van der Waals surface area contributed by atoms with Crippen molar-refractivity contribution in [2.75, 3.05) is 25.1 Å². The fourth-order valence-electron chi connectivity index (χ4n) is 6.45. The standard InChI is InChI=1S/C38H40N4O4/c1-4-45-38(44)37-31(20-12-24-46-34-21-10-14-27-13-8-9-17-29(27)34)30-18-11-19-32(35-26(2)40-41(3)33(35)25-43)36(30)42(37)23-22-39-28-15-6-5-7-16-28/h5-11,13-19,21,39,43H,4,12,20,22-25H2,1-3H3. The smallest absolute Gasteiger partial charge is 0.355 e. The third-order valence-corrected chi connectivity index (χ3v) is 8.43. The molecule has 0 bridgehead atoms. The lowest BCUT2D eigenvalue weighted by atomic mass is 9.98. The van der Waals surface area contributed by atoms with E-state index in [0.29, 0.717) is 38.2 Å². The molecule has 0 aliphatic rings. The van der Waals surface area contributed by atoms with E-state index in [1.807, 2.05) is 81.6 Å². The first kappa shape index (κ1) is 30.9. The summed E-state index contributed by atoms with van der Waals surface area (Å²) in [5, 5.41) is 21.7. The summed E-state index contributed by atoms with van der Waals surface area (Å²) in [5.41, 5.74) is 6.77. The van der Waals surface area contributed by atoms with Crippen molar-refractivity contribution in [3.05, 3.63) is 114 Å². The van der Waals surface area contributed by atoms with Crippen LogP contribution in [0.1, 0.15) is 40.8 Å². The highest BCUT2D eigenvalue weighted by Gasteiger charge is 2.27. The molecule has 6 aromatic rings. The molecule has 0 aliphatic heterocycles. The van der Waals surface area contributed by atoms with Gasteiger partial charge in [-0.1, -0.05) is 72.8 Å². The van der Waals surface area contributed by atoms with Crippen LogP contribution < -0.4 is 10.1 Å². The molecule has 0 amide bonds. The fraction of sp³-hybridized carbons (Fsp3) is 0.263. The van der Waals surface area contributed by atoms with Gasteiger partial charge in [0.25, 0.3) is 0 Å². The van der Waals surface area contributed by atoms with Crippen LogP contribution in [0.15, 0.2) is 91.0 Å². The summed E-state index contributed by atoms with van der Waals surface area (Å²) < 4.78 is 15.8. The molecule has 0 fully saturated rings.